The molecule has 2 amide bonds. The molecule has 0 spiro atoms. The van der Waals surface area contributed by atoms with Crippen molar-refractivity contribution in [2.75, 3.05) is 0 Å². The van der Waals surface area contributed by atoms with Gasteiger partial charge in [0.05, 0.1) is 4.75 Å². The van der Waals surface area contributed by atoms with Gasteiger partial charge in [-0.25, -0.2) is 8.42 Å². The Hall–Kier alpha value is -1.37. The van der Waals surface area contributed by atoms with E-state index in [9.17, 15) is 18.0 Å². The molecular formula is C18H30N2O4S. The van der Waals surface area contributed by atoms with Crippen molar-refractivity contribution in [3.63, 3.8) is 0 Å². The molecule has 2 rings (SSSR count). The van der Waals surface area contributed by atoms with Gasteiger partial charge in [0.25, 0.3) is 5.91 Å². The topological polar surface area (TPSA) is 92.3 Å². The first-order chi connectivity index (χ1) is 11.6. The summed E-state index contributed by atoms with van der Waals surface area (Å²) in [7, 11) is -3.71. The molecule has 0 heterocycles. The molecule has 0 radical (unpaired) electrons. The lowest BCUT2D eigenvalue weighted by atomic mass is 10.1. The van der Waals surface area contributed by atoms with E-state index in [0.29, 0.717) is 25.7 Å². The number of nitrogens with one attached hydrogen (secondary N) is 2. The van der Waals surface area contributed by atoms with Gasteiger partial charge in [0.2, 0.25) is 15.9 Å². The van der Waals surface area contributed by atoms with Crippen molar-refractivity contribution in [1.29, 1.82) is 0 Å². The normalized spacial score (nSPS) is 28.4. The average molecular weight is 371 g/mol. The maximum atomic E-state index is 12.8. The van der Waals surface area contributed by atoms with Gasteiger partial charge in [-0.3, -0.25) is 14.3 Å². The number of sulfonamides is 1. The molecule has 0 aromatic heterocycles. The van der Waals surface area contributed by atoms with Gasteiger partial charge in [-0.2, -0.15) is 0 Å². The molecule has 2 aliphatic carbocycles. The zero-order chi connectivity index (χ0) is 18.9. The van der Waals surface area contributed by atoms with Gasteiger partial charge in [-0.15, -0.1) is 0 Å². The minimum atomic E-state index is -3.71. The van der Waals surface area contributed by atoms with E-state index in [2.05, 4.69) is 17.0 Å². The standard InChI is InChI=1S/C18H30N2O4S/c1-5-7-8-9-14-12-18(14,19-15(21)13(3)6-2)16(22)20-25(23,24)17(4)10-11-17/h8-9,13-14H,5-7,10-12H2,1-4H3,(H,19,21)(H,20,22). The number of rotatable bonds is 9. The molecule has 3 unspecified atom stereocenters. The first-order valence-electron chi connectivity index (χ1n) is 9.17. The molecule has 0 saturated heterocycles. The number of carbonyl (C=O) groups excluding carboxylic acids is 2. The second-order valence-electron chi connectivity index (χ2n) is 7.68. The Morgan fingerprint density at radius 3 is 2.44 bits per heavy atom. The van der Waals surface area contributed by atoms with Crippen molar-refractivity contribution in [2.24, 2.45) is 11.8 Å². The van der Waals surface area contributed by atoms with Crippen LogP contribution in [0.15, 0.2) is 12.2 Å². The van der Waals surface area contributed by atoms with E-state index in [4.69, 9.17) is 0 Å². The summed E-state index contributed by atoms with van der Waals surface area (Å²) >= 11 is 0. The van der Waals surface area contributed by atoms with E-state index in [1.165, 1.54) is 0 Å². The summed E-state index contributed by atoms with van der Waals surface area (Å²) in [5, 5.41) is 2.82. The van der Waals surface area contributed by atoms with Crippen LogP contribution >= 0.6 is 0 Å². The van der Waals surface area contributed by atoms with Gasteiger partial charge in [0.15, 0.2) is 0 Å². The van der Waals surface area contributed by atoms with E-state index in [1.54, 1.807) is 13.8 Å². The second kappa shape index (κ2) is 7.09. The van der Waals surface area contributed by atoms with Crippen molar-refractivity contribution in [1.82, 2.24) is 10.0 Å². The molecule has 0 aliphatic heterocycles. The first-order valence-corrected chi connectivity index (χ1v) is 10.7. The Kier molecular flexibility index (Phi) is 5.66. The third-order valence-electron chi connectivity index (χ3n) is 5.48. The molecule has 0 bridgehead atoms. The second-order valence-corrected chi connectivity index (χ2v) is 9.88. The average Bonchev–Trinajstić information content (AvgIpc) is 3.45. The summed E-state index contributed by atoms with van der Waals surface area (Å²) in [5.41, 5.74) is -1.14. The summed E-state index contributed by atoms with van der Waals surface area (Å²) in [6.07, 6.45) is 8.02. The van der Waals surface area contributed by atoms with E-state index >= 15 is 0 Å². The van der Waals surface area contributed by atoms with Crippen LogP contribution in [0.3, 0.4) is 0 Å². The van der Waals surface area contributed by atoms with Crippen LogP contribution in [-0.2, 0) is 19.6 Å². The Morgan fingerprint density at radius 1 is 1.28 bits per heavy atom. The molecule has 2 saturated carbocycles. The molecule has 142 valence electrons. The van der Waals surface area contributed by atoms with Gasteiger partial charge < -0.3 is 5.32 Å². The van der Waals surface area contributed by atoms with Crippen LogP contribution in [0, 0.1) is 11.8 Å². The molecule has 0 aromatic carbocycles. The van der Waals surface area contributed by atoms with Crippen LogP contribution < -0.4 is 10.0 Å². The fraction of sp³-hybridized carbons (Fsp3) is 0.778. The van der Waals surface area contributed by atoms with E-state index in [-0.39, 0.29) is 17.7 Å². The van der Waals surface area contributed by atoms with Crippen molar-refractivity contribution in [2.45, 2.75) is 76.5 Å². The van der Waals surface area contributed by atoms with Crippen LogP contribution in [0.5, 0.6) is 0 Å². The molecule has 7 heteroatoms. The number of allylic oxidation sites excluding steroid dienone is 1. The van der Waals surface area contributed by atoms with Gasteiger partial charge in [0, 0.05) is 11.8 Å². The first kappa shape index (κ1) is 19.9. The number of unbranched alkanes of at least 4 members (excludes halogenated alkanes) is 1. The summed E-state index contributed by atoms with van der Waals surface area (Å²) in [6.45, 7) is 7.40. The van der Waals surface area contributed by atoms with Gasteiger partial charge >= 0.3 is 0 Å². The number of amides is 2. The molecule has 2 N–H and O–H groups in total. The number of hydrogen-bond acceptors (Lipinski definition) is 4. The van der Waals surface area contributed by atoms with Crippen LogP contribution in [0.4, 0.5) is 0 Å². The predicted octanol–water partition coefficient (Wildman–Crippen LogP) is 2.26. The Labute approximate surface area is 150 Å². The molecule has 0 aromatic rings. The van der Waals surface area contributed by atoms with E-state index in [0.717, 1.165) is 12.8 Å². The molecule has 3 atom stereocenters. The van der Waals surface area contributed by atoms with Crippen molar-refractivity contribution in [3.8, 4) is 0 Å². The molecule has 6 nitrogen and oxygen atoms in total. The highest BCUT2D eigenvalue weighted by atomic mass is 32.2. The Balaban J connectivity index is 2.15. The van der Waals surface area contributed by atoms with Crippen LogP contribution in [0.1, 0.15) is 66.2 Å². The quantitative estimate of drug-likeness (QED) is 0.609. The predicted molar refractivity (Wildman–Crippen MR) is 97.2 cm³/mol. The SMILES string of the molecule is CCCC=CC1CC1(NC(=O)C(C)CC)C(=O)NS(=O)(=O)C1(C)CC1. The van der Waals surface area contributed by atoms with Crippen molar-refractivity contribution < 1.29 is 18.0 Å². The monoisotopic (exact) mass is 370 g/mol. The largest absolute Gasteiger partial charge is 0.341 e. The minimum Gasteiger partial charge on any atom is -0.341 e. The van der Waals surface area contributed by atoms with Crippen LogP contribution in [-0.4, -0.2) is 30.5 Å². The zero-order valence-corrected chi connectivity index (χ0v) is 16.4. The highest BCUT2D eigenvalue weighted by molar-refractivity contribution is 7.91. The molecular weight excluding hydrogens is 340 g/mol. The fourth-order valence-corrected chi connectivity index (χ4v) is 4.03. The van der Waals surface area contributed by atoms with Crippen molar-refractivity contribution >= 4 is 21.8 Å². The number of hydrogen-bond donors (Lipinski definition) is 2. The van der Waals surface area contributed by atoms with Gasteiger partial charge in [0.1, 0.15) is 5.54 Å². The summed E-state index contributed by atoms with van der Waals surface area (Å²) < 4.78 is 26.1. The maximum Gasteiger partial charge on any atom is 0.259 e. The molecule has 2 fully saturated rings. The van der Waals surface area contributed by atoms with E-state index < -0.39 is 26.2 Å². The smallest absolute Gasteiger partial charge is 0.259 e. The maximum absolute atomic E-state index is 12.8. The summed E-state index contributed by atoms with van der Waals surface area (Å²) in [5.74, 6) is -1.19. The summed E-state index contributed by atoms with van der Waals surface area (Å²) in [6, 6.07) is 0. The third kappa shape index (κ3) is 4.07. The van der Waals surface area contributed by atoms with Gasteiger partial charge in [-0.1, -0.05) is 39.3 Å². The summed E-state index contributed by atoms with van der Waals surface area (Å²) in [4.78, 5) is 25.1. The lowest BCUT2D eigenvalue weighted by Crippen LogP contribution is -2.54. The lowest BCUT2D eigenvalue weighted by Gasteiger charge is -2.22. The number of carbonyl (C=O) groups is 2. The van der Waals surface area contributed by atoms with E-state index in [1.807, 2.05) is 19.1 Å². The zero-order valence-electron chi connectivity index (χ0n) is 15.6. The van der Waals surface area contributed by atoms with Crippen LogP contribution in [0.25, 0.3) is 0 Å². The highest BCUT2D eigenvalue weighted by Crippen LogP contribution is 2.47. The Morgan fingerprint density at radius 2 is 1.92 bits per heavy atom. The Bertz CT molecular complexity index is 667. The highest BCUT2D eigenvalue weighted by Gasteiger charge is 2.62. The van der Waals surface area contributed by atoms with Crippen LogP contribution in [0.2, 0.25) is 0 Å². The van der Waals surface area contributed by atoms with Crippen molar-refractivity contribution in [3.05, 3.63) is 12.2 Å². The fourth-order valence-electron chi connectivity index (χ4n) is 2.72. The minimum absolute atomic E-state index is 0.158. The molecule has 2 aliphatic rings. The van der Waals surface area contributed by atoms with Gasteiger partial charge in [-0.05, 0) is 39.0 Å². The lowest BCUT2D eigenvalue weighted by molar-refractivity contribution is -0.131. The molecule has 25 heavy (non-hydrogen) atoms. The third-order valence-corrected chi connectivity index (χ3v) is 7.64.